The molecule has 1 aromatic carbocycles. The summed E-state index contributed by atoms with van der Waals surface area (Å²) in [5.41, 5.74) is 0.424. The lowest BCUT2D eigenvalue weighted by Crippen LogP contribution is -3.11. The Kier molecular flexibility index (Phi) is 5.38. The molecule has 2 amide bonds. The summed E-state index contributed by atoms with van der Waals surface area (Å²) < 4.78 is 23.0. The highest BCUT2D eigenvalue weighted by Crippen LogP contribution is 2.18. The molecule has 23 heavy (non-hydrogen) atoms. The number of anilines is 1. The van der Waals surface area contributed by atoms with Gasteiger partial charge in [0.1, 0.15) is 0 Å². The van der Waals surface area contributed by atoms with Crippen molar-refractivity contribution < 1.29 is 22.9 Å². The van der Waals surface area contributed by atoms with Crippen LogP contribution in [0.5, 0.6) is 0 Å². The van der Waals surface area contributed by atoms with Crippen LogP contribution >= 0.6 is 0 Å². The summed E-state index contributed by atoms with van der Waals surface area (Å²) in [5, 5.41) is 5.53. The smallest absolute Gasteiger partial charge is 0.279 e. The van der Waals surface area contributed by atoms with E-state index in [1.165, 1.54) is 12.1 Å². The van der Waals surface area contributed by atoms with E-state index >= 15 is 0 Å². The second kappa shape index (κ2) is 7.10. The summed E-state index contributed by atoms with van der Waals surface area (Å²) in [6.07, 6.45) is 3.17. The molecule has 1 unspecified atom stereocenters. The van der Waals surface area contributed by atoms with Crippen molar-refractivity contribution in [2.75, 3.05) is 31.7 Å². The molecular formula is C15H22N3O4S+. The monoisotopic (exact) mass is 340 g/mol. The molecule has 1 fully saturated rings. The molecule has 126 valence electrons. The molecule has 0 bridgehead atoms. The number of sulfone groups is 1. The Bertz CT molecular complexity index is 698. The third-order valence-electron chi connectivity index (χ3n) is 3.41. The van der Waals surface area contributed by atoms with E-state index in [2.05, 4.69) is 10.6 Å². The largest absolute Gasteiger partial charge is 0.348 e. The first-order valence-corrected chi connectivity index (χ1v) is 9.34. The van der Waals surface area contributed by atoms with Crippen LogP contribution in [0.2, 0.25) is 0 Å². The predicted molar refractivity (Wildman–Crippen MR) is 86.0 cm³/mol. The number of hydrogen-bond donors (Lipinski definition) is 3. The van der Waals surface area contributed by atoms with Crippen LogP contribution in [0.15, 0.2) is 29.2 Å². The van der Waals surface area contributed by atoms with Gasteiger partial charge in [-0.3, -0.25) is 9.59 Å². The molecule has 0 radical (unpaired) electrons. The summed E-state index contributed by atoms with van der Waals surface area (Å²) in [4.78, 5) is 24.6. The van der Waals surface area contributed by atoms with Gasteiger partial charge in [0.05, 0.1) is 11.9 Å². The van der Waals surface area contributed by atoms with Crippen molar-refractivity contribution in [1.82, 2.24) is 5.32 Å². The fraction of sp³-hybridized carbons (Fsp3) is 0.467. The number of quaternary nitrogens is 1. The van der Waals surface area contributed by atoms with Gasteiger partial charge >= 0.3 is 0 Å². The maximum absolute atomic E-state index is 12.0. The van der Waals surface area contributed by atoms with Crippen LogP contribution in [-0.4, -0.2) is 52.7 Å². The van der Waals surface area contributed by atoms with E-state index in [0.717, 1.165) is 24.0 Å². The minimum Gasteiger partial charge on any atom is -0.348 e. The molecule has 7 nitrogen and oxygen atoms in total. The van der Waals surface area contributed by atoms with Gasteiger partial charge < -0.3 is 15.5 Å². The number of rotatable bonds is 7. The van der Waals surface area contributed by atoms with E-state index in [4.69, 9.17) is 0 Å². The van der Waals surface area contributed by atoms with E-state index in [1.54, 1.807) is 19.2 Å². The standard InChI is InChI=1S/C15H21N3O4S/c1-18(9-14(19)16-11-6-7-11)10-15(20)17-12-4-3-5-13(8-12)23(2,21)22/h3-5,8,11H,6-7,9-10H2,1-2H3,(H,16,19)(H,17,20)/p+1. The van der Waals surface area contributed by atoms with Gasteiger partial charge in [-0.05, 0) is 31.0 Å². The minimum absolute atomic E-state index is 0.0585. The second-order valence-electron chi connectivity index (χ2n) is 6.00. The average molecular weight is 340 g/mol. The van der Waals surface area contributed by atoms with E-state index in [0.29, 0.717) is 11.7 Å². The zero-order valence-electron chi connectivity index (χ0n) is 13.3. The molecular weight excluding hydrogens is 318 g/mol. The third-order valence-corrected chi connectivity index (χ3v) is 4.52. The molecule has 1 saturated carbocycles. The van der Waals surface area contributed by atoms with Gasteiger partial charge in [0.2, 0.25) is 0 Å². The number of benzene rings is 1. The van der Waals surface area contributed by atoms with Crippen molar-refractivity contribution in [3.63, 3.8) is 0 Å². The zero-order chi connectivity index (χ0) is 17.0. The van der Waals surface area contributed by atoms with Crippen molar-refractivity contribution >= 4 is 27.3 Å². The van der Waals surface area contributed by atoms with Gasteiger partial charge in [0.25, 0.3) is 11.8 Å². The lowest BCUT2D eigenvalue weighted by molar-refractivity contribution is -0.862. The van der Waals surface area contributed by atoms with Crippen molar-refractivity contribution in [2.45, 2.75) is 23.8 Å². The lowest BCUT2D eigenvalue weighted by atomic mass is 10.3. The Balaban J connectivity index is 1.85. The van der Waals surface area contributed by atoms with Crippen LogP contribution in [-0.2, 0) is 19.4 Å². The maximum atomic E-state index is 12.0. The van der Waals surface area contributed by atoms with E-state index in [9.17, 15) is 18.0 Å². The summed E-state index contributed by atoms with van der Waals surface area (Å²) in [7, 11) is -1.55. The topological polar surface area (TPSA) is 96.8 Å². The normalized spacial score (nSPS) is 15.7. The third kappa shape index (κ3) is 5.99. The summed E-state index contributed by atoms with van der Waals surface area (Å²) in [5.74, 6) is -0.329. The van der Waals surface area contributed by atoms with Crippen molar-refractivity contribution in [3.8, 4) is 0 Å². The number of amides is 2. The molecule has 1 aromatic rings. The van der Waals surface area contributed by atoms with Crippen LogP contribution in [0.25, 0.3) is 0 Å². The number of carbonyl (C=O) groups is 2. The van der Waals surface area contributed by atoms with Crippen molar-refractivity contribution in [3.05, 3.63) is 24.3 Å². The highest BCUT2D eigenvalue weighted by atomic mass is 32.2. The van der Waals surface area contributed by atoms with Gasteiger partial charge in [-0.25, -0.2) is 8.42 Å². The molecule has 2 rings (SSSR count). The van der Waals surface area contributed by atoms with E-state index < -0.39 is 9.84 Å². The van der Waals surface area contributed by atoms with Gasteiger partial charge in [-0.1, -0.05) is 6.07 Å². The molecule has 8 heteroatoms. The highest BCUT2D eigenvalue weighted by Gasteiger charge is 2.24. The molecule has 1 atom stereocenters. The molecule has 0 spiro atoms. The molecule has 0 aliphatic heterocycles. The first kappa shape index (κ1) is 17.4. The molecule has 0 aromatic heterocycles. The van der Waals surface area contributed by atoms with Crippen molar-refractivity contribution in [2.24, 2.45) is 0 Å². The molecule has 0 saturated heterocycles. The molecule has 1 aliphatic rings. The van der Waals surface area contributed by atoms with Crippen LogP contribution in [0.4, 0.5) is 5.69 Å². The quantitative estimate of drug-likeness (QED) is 0.582. The second-order valence-corrected chi connectivity index (χ2v) is 8.02. The number of carbonyl (C=O) groups excluding carboxylic acids is 2. The van der Waals surface area contributed by atoms with E-state index in [1.807, 2.05) is 0 Å². The number of likely N-dealkylation sites (N-methyl/N-ethyl adjacent to an activating group) is 1. The maximum Gasteiger partial charge on any atom is 0.279 e. The summed E-state index contributed by atoms with van der Waals surface area (Å²) >= 11 is 0. The Morgan fingerprint density at radius 1 is 1.22 bits per heavy atom. The highest BCUT2D eigenvalue weighted by molar-refractivity contribution is 7.90. The van der Waals surface area contributed by atoms with Gasteiger partial charge in [0, 0.05) is 18.0 Å². The predicted octanol–water partition coefficient (Wildman–Crippen LogP) is -1.18. The Hall–Kier alpha value is -1.93. The minimum atomic E-state index is -3.32. The SMILES string of the molecule is C[NH+](CC(=O)Nc1cccc(S(C)(=O)=O)c1)CC(=O)NC1CC1. The van der Waals surface area contributed by atoms with Crippen LogP contribution in [0.3, 0.4) is 0 Å². The fourth-order valence-electron chi connectivity index (χ4n) is 2.13. The fourth-order valence-corrected chi connectivity index (χ4v) is 2.79. The number of hydrogen-bond acceptors (Lipinski definition) is 4. The zero-order valence-corrected chi connectivity index (χ0v) is 14.1. The molecule has 3 N–H and O–H groups in total. The van der Waals surface area contributed by atoms with Crippen LogP contribution < -0.4 is 15.5 Å². The number of nitrogens with one attached hydrogen (secondary N) is 3. The Morgan fingerprint density at radius 3 is 2.48 bits per heavy atom. The first-order valence-electron chi connectivity index (χ1n) is 7.44. The van der Waals surface area contributed by atoms with Crippen LogP contribution in [0, 0.1) is 0 Å². The summed E-state index contributed by atoms with van der Waals surface area (Å²) in [6.45, 7) is 0.356. The van der Waals surface area contributed by atoms with Gasteiger partial charge in [0.15, 0.2) is 22.9 Å². The van der Waals surface area contributed by atoms with Crippen LogP contribution in [0.1, 0.15) is 12.8 Å². The lowest BCUT2D eigenvalue weighted by Gasteiger charge is -2.13. The Morgan fingerprint density at radius 2 is 1.87 bits per heavy atom. The van der Waals surface area contributed by atoms with Crippen molar-refractivity contribution in [1.29, 1.82) is 0 Å². The first-order chi connectivity index (χ1) is 10.7. The molecule has 0 heterocycles. The van der Waals surface area contributed by atoms with Gasteiger partial charge in [-0.15, -0.1) is 0 Å². The van der Waals surface area contributed by atoms with E-state index in [-0.39, 0.29) is 29.8 Å². The average Bonchev–Trinajstić information content (AvgIpc) is 3.21. The van der Waals surface area contributed by atoms with Gasteiger partial charge in [-0.2, -0.15) is 0 Å². The summed E-state index contributed by atoms with van der Waals surface area (Å²) in [6, 6.07) is 6.41. The molecule has 1 aliphatic carbocycles. The Labute approximate surface area is 136 Å².